The van der Waals surface area contributed by atoms with E-state index in [0.717, 1.165) is 0 Å². The minimum atomic E-state index is -0.615. The smallest absolute Gasteiger partial charge is 0.254 e. The molecule has 2 N–H and O–H groups in total. The van der Waals surface area contributed by atoms with Crippen molar-refractivity contribution in [3.63, 3.8) is 0 Å². The summed E-state index contributed by atoms with van der Waals surface area (Å²) < 4.78 is 11.0. The number of hydrogen-bond donors (Lipinski definition) is 1. The van der Waals surface area contributed by atoms with Gasteiger partial charge in [-0.1, -0.05) is 12.1 Å². The highest BCUT2D eigenvalue weighted by Gasteiger charge is 2.12. The Hall–Kier alpha value is -3.15. The van der Waals surface area contributed by atoms with Gasteiger partial charge in [-0.3, -0.25) is 9.78 Å². The number of aromatic nitrogens is 1. The van der Waals surface area contributed by atoms with Gasteiger partial charge in [-0.15, -0.1) is 0 Å². The van der Waals surface area contributed by atoms with E-state index in [-0.39, 0.29) is 11.1 Å². The molecule has 0 aliphatic carbocycles. The number of nitrogens with zero attached hydrogens (tertiary/aromatic N) is 2. The summed E-state index contributed by atoms with van der Waals surface area (Å²) in [6, 6.07) is 10.5. The van der Waals surface area contributed by atoms with E-state index in [4.69, 9.17) is 14.9 Å². The van der Waals surface area contributed by atoms with E-state index in [1.807, 2.05) is 6.07 Å². The SMILES string of the molecule is COc1cccc2cc(C(N)=O)c(=Nc3cccnc3)oc12. The van der Waals surface area contributed by atoms with Crippen LogP contribution in [0, 0.1) is 0 Å². The first kappa shape index (κ1) is 13.8. The Kier molecular flexibility index (Phi) is 3.57. The van der Waals surface area contributed by atoms with E-state index in [1.165, 1.54) is 0 Å². The van der Waals surface area contributed by atoms with Crippen molar-refractivity contribution in [3.8, 4) is 5.75 Å². The molecule has 0 unspecified atom stereocenters. The highest BCUT2D eigenvalue weighted by Crippen LogP contribution is 2.24. The van der Waals surface area contributed by atoms with E-state index >= 15 is 0 Å². The molecule has 0 saturated heterocycles. The van der Waals surface area contributed by atoms with Crippen LogP contribution in [0.4, 0.5) is 5.69 Å². The average Bonchev–Trinajstić information content (AvgIpc) is 2.54. The Morgan fingerprint density at radius 3 is 2.86 bits per heavy atom. The Morgan fingerprint density at radius 1 is 1.32 bits per heavy atom. The van der Waals surface area contributed by atoms with E-state index in [2.05, 4.69) is 9.98 Å². The molecular formula is C16H13N3O3. The van der Waals surface area contributed by atoms with Gasteiger partial charge in [-0.05, 0) is 24.3 Å². The van der Waals surface area contributed by atoms with Crippen molar-refractivity contribution >= 4 is 22.6 Å². The number of rotatable bonds is 3. The molecule has 0 atom stereocenters. The zero-order valence-electron chi connectivity index (χ0n) is 11.8. The number of amides is 1. The number of hydrogen-bond acceptors (Lipinski definition) is 5. The molecule has 3 rings (SSSR count). The summed E-state index contributed by atoms with van der Waals surface area (Å²) in [7, 11) is 1.55. The minimum Gasteiger partial charge on any atom is -0.493 e. The van der Waals surface area contributed by atoms with E-state index < -0.39 is 5.91 Å². The molecule has 3 aromatic rings. The van der Waals surface area contributed by atoms with Crippen LogP contribution in [0.3, 0.4) is 0 Å². The fourth-order valence-corrected chi connectivity index (χ4v) is 2.08. The summed E-state index contributed by atoms with van der Waals surface area (Å²) in [5.74, 6) is -0.0627. The van der Waals surface area contributed by atoms with Crippen LogP contribution in [0.15, 0.2) is 58.2 Å². The Balaban J connectivity index is 2.34. The number of ether oxygens (including phenoxy) is 1. The number of para-hydroxylation sites is 1. The molecule has 110 valence electrons. The lowest BCUT2D eigenvalue weighted by molar-refractivity contribution is 0.0996. The topological polar surface area (TPSA) is 90.7 Å². The van der Waals surface area contributed by atoms with Crippen molar-refractivity contribution < 1.29 is 13.9 Å². The van der Waals surface area contributed by atoms with Gasteiger partial charge >= 0.3 is 0 Å². The first-order valence-electron chi connectivity index (χ1n) is 6.54. The zero-order chi connectivity index (χ0) is 15.5. The summed E-state index contributed by atoms with van der Waals surface area (Å²) in [5, 5.41) is 0.707. The van der Waals surface area contributed by atoms with Gasteiger partial charge in [0, 0.05) is 11.6 Å². The maximum atomic E-state index is 11.7. The Bertz CT molecular complexity index is 901. The van der Waals surface area contributed by atoms with Crippen molar-refractivity contribution in [2.24, 2.45) is 10.7 Å². The molecular weight excluding hydrogens is 282 g/mol. The second kappa shape index (κ2) is 5.69. The van der Waals surface area contributed by atoms with Gasteiger partial charge in [0.15, 0.2) is 11.3 Å². The zero-order valence-corrected chi connectivity index (χ0v) is 11.8. The molecule has 0 aliphatic rings. The molecule has 22 heavy (non-hydrogen) atoms. The lowest BCUT2D eigenvalue weighted by Crippen LogP contribution is -2.21. The normalized spacial score (nSPS) is 11.6. The minimum absolute atomic E-state index is 0.123. The molecule has 2 aromatic heterocycles. The van der Waals surface area contributed by atoms with Gasteiger partial charge < -0.3 is 14.9 Å². The first-order chi connectivity index (χ1) is 10.7. The molecule has 1 aromatic carbocycles. The number of pyridine rings is 1. The third kappa shape index (κ3) is 2.54. The number of methoxy groups -OCH3 is 1. The number of carbonyl (C=O) groups is 1. The van der Waals surface area contributed by atoms with Crippen molar-refractivity contribution in [1.82, 2.24) is 4.98 Å². The quantitative estimate of drug-likeness (QED) is 0.801. The molecule has 0 aliphatic heterocycles. The third-order valence-electron chi connectivity index (χ3n) is 3.10. The number of carbonyl (C=O) groups excluding carboxylic acids is 1. The van der Waals surface area contributed by atoms with Crippen LogP contribution in [0.2, 0.25) is 0 Å². The van der Waals surface area contributed by atoms with Gasteiger partial charge in [0.2, 0.25) is 5.55 Å². The van der Waals surface area contributed by atoms with Gasteiger partial charge in [-0.2, -0.15) is 0 Å². The van der Waals surface area contributed by atoms with Crippen molar-refractivity contribution in [1.29, 1.82) is 0 Å². The number of fused-ring (bicyclic) bond motifs is 1. The molecule has 0 bridgehead atoms. The lowest BCUT2D eigenvalue weighted by atomic mass is 10.1. The van der Waals surface area contributed by atoms with Crippen LogP contribution < -0.4 is 16.0 Å². The van der Waals surface area contributed by atoms with E-state index in [9.17, 15) is 4.79 Å². The molecule has 0 spiro atoms. The summed E-state index contributed by atoms with van der Waals surface area (Å²) in [6.07, 6.45) is 3.20. The average molecular weight is 295 g/mol. The molecule has 0 fully saturated rings. The van der Waals surface area contributed by atoms with Crippen LogP contribution in [-0.2, 0) is 0 Å². The predicted octanol–water partition coefficient (Wildman–Crippen LogP) is 2.17. The van der Waals surface area contributed by atoms with Crippen molar-refractivity contribution in [3.05, 3.63) is 59.9 Å². The molecule has 2 heterocycles. The van der Waals surface area contributed by atoms with E-state index in [0.29, 0.717) is 22.4 Å². The summed E-state index contributed by atoms with van der Waals surface area (Å²) in [5.41, 5.74) is 6.80. The van der Waals surface area contributed by atoms with Gasteiger partial charge in [0.25, 0.3) is 5.91 Å². The monoisotopic (exact) mass is 295 g/mol. The number of primary amides is 1. The fourth-order valence-electron chi connectivity index (χ4n) is 2.08. The summed E-state index contributed by atoms with van der Waals surface area (Å²) in [4.78, 5) is 19.9. The van der Waals surface area contributed by atoms with Crippen LogP contribution in [0.5, 0.6) is 5.75 Å². The third-order valence-corrected chi connectivity index (χ3v) is 3.10. The molecule has 0 saturated carbocycles. The van der Waals surface area contributed by atoms with E-state index in [1.54, 1.807) is 49.8 Å². The van der Waals surface area contributed by atoms with Crippen molar-refractivity contribution in [2.45, 2.75) is 0 Å². The standard InChI is InChI=1S/C16H13N3O3/c1-21-13-6-2-4-10-8-12(15(17)20)16(22-14(10)13)19-11-5-3-7-18-9-11/h2-9H,1H3,(H2,17,20). The van der Waals surface area contributed by atoms with Crippen LogP contribution >= 0.6 is 0 Å². The summed E-state index contributed by atoms with van der Waals surface area (Å²) in [6.45, 7) is 0. The van der Waals surface area contributed by atoms with Gasteiger partial charge in [0.05, 0.1) is 19.0 Å². The second-order valence-corrected chi connectivity index (χ2v) is 4.53. The number of benzene rings is 1. The lowest BCUT2D eigenvalue weighted by Gasteiger charge is -2.06. The largest absolute Gasteiger partial charge is 0.493 e. The maximum absolute atomic E-state index is 11.7. The predicted molar refractivity (Wildman–Crippen MR) is 80.7 cm³/mol. The Morgan fingerprint density at radius 2 is 2.18 bits per heavy atom. The van der Waals surface area contributed by atoms with Gasteiger partial charge in [-0.25, -0.2) is 4.99 Å². The first-order valence-corrected chi connectivity index (χ1v) is 6.54. The molecule has 0 radical (unpaired) electrons. The van der Waals surface area contributed by atoms with Gasteiger partial charge in [0.1, 0.15) is 5.56 Å². The maximum Gasteiger partial charge on any atom is 0.254 e. The van der Waals surface area contributed by atoms with Crippen LogP contribution in [0.25, 0.3) is 11.0 Å². The number of nitrogens with two attached hydrogens (primary N) is 1. The van der Waals surface area contributed by atoms with Crippen LogP contribution in [-0.4, -0.2) is 18.0 Å². The van der Waals surface area contributed by atoms with Crippen molar-refractivity contribution in [2.75, 3.05) is 7.11 Å². The molecule has 6 heteroatoms. The Labute approximate surface area is 125 Å². The highest BCUT2D eigenvalue weighted by molar-refractivity contribution is 5.96. The molecule has 6 nitrogen and oxygen atoms in total. The highest BCUT2D eigenvalue weighted by atomic mass is 16.5. The van der Waals surface area contributed by atoms with Crippen LogP contribution in [0.1, 0.15) is 10.4 Å². The summed E-state index contributed by atoms with van der Waals surface area (Å²) >= 11 is 0. The molecule has 1 amide bonds. The fraction of sp³-hybridized carbons (Fsp3) is 0.0625. The second-order valence-electron chi connectivity index (χ2n) is 4.53.